The van der Waals surface area contributed by atoms with Gasteiger partial charge in [0.15, 0.2) is 0 Å². The van der Waals surface area contributed by atoms with Gasteiger partial charge in [-0.25, -0.2) is 0 Å². The molecule has 1 N–H and O–H groups in total. The number of halogens is 6. The predicted octanol–water partition coefficient (Wildman–Crippen LogP) is 4.20. The van der Waals surface area contributed by atoms with Crippen molar-refractivity contribution >= 4 is 23.4 Å². The Balaban J connectivity index is 1.96. The summed E-state index contributed by atoms with van der Waals surface area (Å²) in [6.07, 6.45) is -10.2. The standard InChI is InChI=1S/C18H10F6N2O3/c1-26-15(28)12-3-2-11(7-13(12)16(26)29)25-14(27)8-4-9(17(19,20)21)6-10(5-8)18(22,23)24/h2-7H,1H3,(H,25,27). The molecule has 0 atom stereocenters. The van der Waals surface area contributed by atoms with Gasteiger partial charge in [-0.05, 0) is 36.4 Å². The lowest BCUT2D eigenvalue weighted by atomic mass is 10.0. The van der Waals surface area contributed by atoms with Crippen molar-refractivity contribution in [2.45, 2.75) is 12.4 Å². The molecule has 0 spiro atoms. The van der Waals surface area contributed by atoms with Crippen molar-refractivity contribution in [2.75, 3.05) is 12.4 Å². The van der Waals surface area contributed by atoms with E-state index in [4.69, 9.17) is 0 Å². The molecular formula is C18H10F6N2O3. The van der Waals surface area contributed by atoms with Crippen LogP contribution in [0.2, 0.25) is 0 Å². The van der Waals surface area contributed by atoms with Crippen LogP contribution in [-0.2, 0) is 12.4 Å². The smallest absolute Gasteiger partial charge is 0.322 e. The van der Waals surface area contributed by atoms with Crippen LogP contribution >= 0.6 is 0 Å². The minimum atomic E-state index is -5.10. The molecule has 2 aromatic rings. The van der Waals surface area contributed by atoms with Gasteiger partial charge in [0.05, 0.1) is 22.3 Å². The number of benzene rings is 2. The molecule has 1 heterocycles. The first-order chi connectivity index (χ1) is 13.3. The second-order valence-electron chi connectivity index (χ2n) is 6.18. The van der Waals surface area contributed by atoms with Crippen LogP contribution in [0.15, 0.2) is 36.4 Å². The number of amides is 3. The van der Waals surface area contributed by atoms with E-state index in [9.17, 15) is 40.7 Å². The second kappa shape index (κ2) is 6.61. The van der Waals surface area contributed by atoms with Crippen LogP contribution in [0.4, 0.5) is 32.0 Å². The van der Waals surface area contributed by atoms with Crippen molar-refractivity contribution in [1.82, 2.24) is 4.90 Å². The molecule has 152 valence electrons. The number of anilines is 1. The number of carbonyl (C=O) groups is 3. The minimum absolute atomic E-state index is 0.0460. The molecule has 0 radical (unpaired) electrons. The molecule has 3 amide bonds. The lowest BCUT2D eigenvalue weighted by Crippen LogP contribution is -2.24. The number of nitrogens with zero attached hydrogens (tertiary/aromatic N) is 1. The van der Waals surface area contributed by atoms with Crippen molar-refractivity contribution < 1.29 is 40.7 Å². The van der Waals surface area contributed by atoms with E-state index in [0.717, 1.165) is 11.0 Å². The molecule has 1 aliphatic rings. The Labute approximate surface area is 158 Å². The summed E-state index contributed by atoms with van der Waals surface area (Å²) in [6, 6.07) is 4.05. The lowest BCUT2D eigenvalue weighted by molar-refractivity contribution is -0.143. The molecule has 11 heteroatoms. The van der Waals surface area contributed by atoms with Gasteiger partial charge in [0.2, 0.25) is 0 Å². The van der Waals surface area contributed by atoms with E-state index in [1.54, 1.807) is 0 Å². The first-order valence-corrected chi connectivity index (χ1v) is 7.86. The van der Waals surface area contributed by atoms with Gasteiger partial charge >= 0.3 is 12.4 Å². The summed E-state index contributed by atoms with van der Waals surface area (Å²) in [5.74, 6) is -2.47. The molecule has 3 rings (SSSR count). The highest BCUT2D eigenvalue weighted by Crippen LogP contribution is 2.36. The Hall–Kier alpha value is -3.37. The maximum absolute atomic E-state index is 12.9. The highest BCUT2D eigenvalue weighted by molar-refractivity contribution is 6.21. The molecule has 0 aromatic heterocycles. The summed E-state index contributed by atoms with van der Waals surface area (Å²) in [4.78, 5) is 36.9. The van der Waals surface area contributed by atoms with E-state index in [-0.39, 0.29) is 22.9 Å². The number of nitrogens with one attached hydrogen (secondary N) is 1. The van der Waals surface area contributed by atoms with Crippen molar-refractivity contribution in [3.05, 3.63) is 64.2 Å². The number of hydrogen-bond donors (Lipinski definition) is 1. The molecule has 0 bridgehead atoms. The third-order valence-corrected chi connectivity index (χ3v) is 4.20. The maximum Gasteiger partial charge on any atom is 0.416 e. The van der Waals surface area contributed by atoms with Gasteiger partial charge < -0.3 is 5.32 Å². The molecular weight excluding hydrogens is 406 g/mol. The second-order valence-corrected chi connectivity index (χ2v) is 6.18. The summed E-state index contributed by atoms with van der Waals surface area (Å²) < 4.78 is 77.5. The fraction of sp³-hybridized carbons (Fsp3) is 0.167. The fourth-order valence-electron chi connectivity index (χ4n) is 2.73. The van der Waals surface area contributed by atoms with E-state index in [2.05, 4.69) is 5.32 Å². The quantitative estimate of drug-likeness (QED) is 0.590. The van der Waals surface area contributed by atoms with Crippen molar-refractivity contribution in [1.29, 1.82) is 0 Å². The maximum atomic E-state index is 12.9. The van der Waals surface area contributed by atoms with Crippen LogP contribution in [0.3, 0.4) is 0 Å². The Morgan fingerprint density at radius 2 is 1.34 bits per heavy atom. The van der Waals surface area contributed by atoms with Crippen LogP contribution in [0.1, 0.15) is 42.2 Å². The summed E-state index contributed by atoms with van der Waals surface area (Å²) in [6.45, 7) is 0. The zero-order valence-corrected chi connectivity index (χ0v) is 14.4. The summed E-state index contributed by atoms with van der Waals surface area (Å²) in [7, 11) is 1.24. The summed E-state index contributed by atoms with van der Waals surface area (Å²) in [5, 5.41) is 2.14. The first-order valence-electron chi connectivity index (χ1n) is 7.86. The number of fused-ring (bicyclic) bond motifs is 1. The molecule has 0 aliphatic carbocycles. The zero-order chi connectivity index (χ0) is 21.7. The van der Waals surface area contributed by atoms with Crippen LogP contribution in [0, 0.1) is 0 Å². The number of alkyl halides is 6. The number of rotatable bonds is 2. The predicted molar refractivity (Wildman–Crippen MR) is 87.3 cm³/mol. The van der Waals surface area contributed by atoms with Crippen molar-refractivity contribution in [3.8, 4) is 0 Å². The largest absolute Gasteiger partial charge is 0.416 e. The monoisotopic (exact) mass is 416 g/mol. The van der Waals surface area contributed by atoms with Crippen LogP contribution in [0.5, 0.6) is 0 Å². The number of imide groups is 1. The van der Waals surface area contributed by atoms with E-state index in [1.165, 1.54) is 19.2 Å². The molecule has 29 heavy (non-hydrogen) atoms. The lowest BCUT2D eigenvalue weighted by Gasteiger charge is -2.14. The van der Waals surface area contributed by atoms with Crippen LogP contribution in [0.25, 0.3) is 0 Å². The van der Waals surface area contributed by atoms with Gasteiger partial charge in [-0.3, -0.25) is 19.3 Å². The van der Waals surface area contributed by atoms with Crippen LogP contribution < -0.4 is 5.32 Å². The average molecular weight is 416 g/mol. The van der Waals surface area contributed by atoms with E-state index in [1.807, 2.05) is 0 Å². The third kappa shape index (κ3) is 3.80. The van der Waals surface area contributed by atoms with Crippen LogP contribution in [-0.4, -0.2) is 29.7 Å². The minimum Gasteiger partial charge on any atom is -0.322 e. The topological polar surface area (TPSA) is 66.5 Å². The molecule has 0 fully saturated rings. The zero-order valence-electron chi connectivity index (χ0n) is 14.4. The highest BCUT2D eigenvalue weighted by Gasteiger charge is 2.38. The summed E-state index contributed by atoms with van der Waals surface area (Å²) in [5.41, 5.74) is -4.18. The van der Waals surface area contributed by atoms with Gasteiger partial charge in [0.25, 0.3) is 17.7 Å². The molecule has 1 aliphatic heterocycles. The van der Waals surface area contributed by atoms with E-state index >= 15 is 0 Å². The molecule has 0 unspecified atom stereocenters. The molecule has 0 saturated heterocycles. The normalized spacial score (nSPS) is 14.2. The SMILES string of the molecule is CN1C(=O)c2ccc(NC(=O)c3cc(C(F)(F)F)cc(C(F)(F)F)c3)cc2C1=O. The Morgan fingerprint density at radius 3 is 1.86 bits per heavy atom. The Bertz CT molecular complexity index is 1010. The fourth-order valence-corrected chi connectivity index (χ4v) is 2.73. The van der Waals surface area contributed by atoms with Gasteiger partial charge in [-0.2, -0.15) is 26.3 Å². The summed E-state index contributed by atoms with van der Waals surface area (Å²) >= 11 is 0. The van der Waals surface area contributed by atoms with Gasteiger partial charge in [0.1, 0.15) is 0 Å². The Morgan fingerprint density at radius 1 is 0.828 bits per heavy atom. The highest BCUT2D eigenvalue weighted by atomic mass is 19.4. The number of carbonyl (C=O) groups excluding carboxylic acids is 3. The van der Waals surface area contributed by atoms with Gasteiger partial charge in [-0.15, -0.1) is 0 Å². The molecule has 5 nitrogen and oxygen atoms in total. The van der Waals surface area contributed by atoms with Crippen molar-refractivity contribution in [2.24, 2.45) is 0 Å². The number of hydrogen-bond acceptors (Lipinski definition) is 3. The average Bonchev–Trinajstić information content (AvgIpc) is 2.84. The van der Waals surface area contributed by atoms with Gasteiger partial charge in [0, 0.05) is 18.3 Å². The van der Waals surface area contributed by atoms with E-state index < -0.39 is 46.8 Å². The Kier molecular flexibility index (Phi) is 4.64. The first kappa shape index (κ1) is 20.4. The third-order valence-electron chi connectivity index (χ3n) is 4.20. The van der Waals surface area contributed by atoms with Crippen molar-refractivity contribution in [3.63, 3.8) is 0 Å². The molecule has 0 saturated carbocycles. The van der Waals surface area contributed by atoms with Gasteiger partial charge in [-0.1, -0.05) is 0 Å². The van der Waals surface area contributed by atoms with E-state index in [0.29, 0.717) is 12.1 Å². The molecule has 2 aromatic carbocycles.